The number of aliphatic hydroxyl groups excluding tert-OH is 1. The van der Waals surface area contributed by atoms with E-state index in [9.17, 15) is 14.7 Å². The van der Waals surface area contributed by atoms with Gasteiger partial charge in [-0.2, -0.15) is 0 Å². The summed E-state index contributed by atoms with van der Waals surface area (Å²) < 4.78 is 0. The van der Waals surface area contributed by atoms with E-state index in [2.05, 4.69) is 0 Å². The summed E-state index contributed by atoms with van der Waals surface area (Å²) in [5.74, 6) is -1.18. The van der Waals surface area contributed by atoms with Crippen LogP contribution in [0.2, 0.25) is 0 Å². The minimum Gasteiger partial charge on any atom is -0.387 e. The summed E-state index contributed by atoms with van der Waals surface area (Å²) in [6.45, 7) is 2.21. The summed E-state index contributed by atoms with van der Waals surface area (Å²) in [7, 11) is 0. The fraction of sp³-hybridized carbons (Fsp3) is 0.263. The first kappa shape index (κ1) is 15.4. The van der Waals surface area contributed by atoms with Crippen molar-refractivity contribution in [3.8, 4) is 0 Å². The highest BCUT2D eigenvalue weighted by molar-refractivity contribution is 8.00. The van der Waals surface area contributed by atoms with Crippen molar-refractivity contribution < 1.29 is 14.7 Å². The number of carbonyl (C=O) groups is 2. The zero-order chi connectivity index (χ0) is 16.8. The van der Waals surface area contributed by atoms with Gasteiger partial charge in [-0.3, -0.25) is 14.5 Å². The van der Waals surface area contributed by atoms with Gasteiger partial charge in [-0.25, -0.2) is 0 Å². The van der Waals surface area contributed by atoms with Gasteiger partial charge in [-0.05, 0) is 24.1 Å². The van der Waals surface area contributed by atoms with Crippen molar-refractivity contribution in [1.82, 2.24) is 4.90 Å². The average Bonchev–Trinajstić information content (AvgIpc) is 2.82. The van der Waals surface area contributed by atoms with Crippen molar-refractivity contribution >= 4 is 23.6 Å². The highest BCUT2D eigenvalue weighted by atomic mass is 32.2. The maximum atomic E-state index is 12.8. The van der Waals surface area contributed by atoms with E-state index in [4.69, 9.17) is 0 Å². The number of carbonyl (C=O) groups excluding carboxylic acids is 2. The number of hydrogen-bond donors (Lipinski definition) is 1. The maximum Gasteiger partial charge on any atom is 0.243 e. The summed E-state index contributed by atoms with van der Waals surface area (Å²) in [6, 6.07) is 15.2. The summed E-state index contributed by atoms with van der Waals surface area (Å²) >= 11 is 1.39. The predicted molar refractivity (Wildman–Crippen MR) is 91.3 cm³/mol. The van der Waals surface area contributed by atoms with Gasteiger partial charge in [0.2, 0.25) is 11.8 Å². The quantitative estimate of drug-likeness (QED) is 0.855. The molecule has 0 saturated carbocycles. The standard InChI is InChI=1S/C19H17NO3S/c1-11-7-8-14-13(9-11)16(21)15-17(24-14)19(23)20(18(15)22)10-12-5-3-2-4-6-12/h2-9,15-17,21H,10H2,1H3/t15-,16+,17+/m1/s1. The molecule has 0 aliphatic carbocycles. The first-order valence-corrected chi connectivity index (χ1v) is 8.78. The molecular formula is C19H17NO3S. The Bertz CT molecular complexity index is 821. The molecule has 1 fully saturated rings. The highest BCUT2D eigenvalue weighted by Gasteiger charge is 2.54. The largest absolute Gasteiger partial charge is 0.387 e. The Kier molecular flexibility index (Phi) is 3.70. The molecule has 4 nitrogen and oxygen atoms in total. The lowest BCUT2D eigenvalue weighted by atomic mass is 9.92. The first-order chi connectivity index (χ1) is 11.6. The fourth-order valence-electron chi connectivity index (χ4n) is 3.41. The Labute approximate surface area is 144 Å². The van der Waals surface area contributed by atoms with Gasteiger partial charge in [0.15, 0.2) is 0 Å². The van der Waals surface area contributed by atoms with E-state index in [1.807, 2.05) is 55.5 Å². The molecule has 1 saturated heterocycles. The molecule has 3 atom stereocenters. The maximum absolute atomic E-state index is 12.8. The van der Waals surface area contributed by atoms with Gasteiger partial charge in [0.25, 0.3) is 0 Å². The zero-order valence-electron chi connectivity index (χ0n) is 13.2. The Hall–Kier alpha value is -2.11. The van der Waals surface area contributed by atoms with Crippen molar-refractivity contribution in [3.05, 3.63) is 65.2 Å². The number of benzene rings is 2. The number of imide groups is 1. The number of fused-ring (bicyclic) bond motifs is 2. The third-order valence-corrected chi connectivity index (χ3v) is 6.02. The lowest BCUT2D eigenvalue weighted by Gasteiger charge is -2.28. The minimum atomic E-state index is -0.927. The normalized spacial score (nSPS) is 25.6. The van der Waals surface area contributed by atoms with Crippen molar-refractivity contribution in [2.45, 2.75) is 29.7 Å². The fourth-order valence-corrected chi connectivity index (χ4v) is 4.78. The molecule has 2 aliphatic heterocycles. The summed E-state index contributed by atoms with van der Waals surface area (Å²) in [5.41, 5.74) is 2.69. The van der Waals surface area contributed by atoms with Crippen LogP contribution in [0.5, 0.6) is 0 Å². The molecule has 24 heavy (non-hydrogen) atoms. The number of aryl methyl sites for hydroxylation is 1. The van der Waals surface area contributed by atoms with Gasteiger partial charge in [-0.15, -0.1) is 11.8 Å². The molecule has 2 heterocycles. The molecule has 122 valence electrons. The topological polar surface area (TPSA) is 57.6 Å². The molecule has 2 aromatic carbocycles. The molecule has 0 radical (unpaired) electrons. The Balaban J connectivity index is 1.67. The second kappa shape index (κ2) is 5.76. The van der Waals surface area contributed by atoms with Crippen LogP contribution in [-0.2, 0) is 16.1 Å². The second-order valence-corrected chi connectivity index (χ2v) is 7.48. The van der Waals surface area contributed by atoms with Crippen LogP contribution < -0.4 is 0 Å². The molecule has 0 aromatic heterocycles. The van der Waals surface area contributed by atoms with Gasteiger partial charge < -0.3 is 5.11 Å². The van der Waals surface area contributed by atoms with Gasteiger partial charge in [0, 0.05) is 4.90 Å². The predicted octanol–water partition coefficient (Wildman–Crippen LogP) is 2.69. The second-order valence-electron chi connectivity index (χ2n) is 6.30. The van der Waals surface area contributed by atoms with E-state index in [0.29, 0.717) is 0 Å². The third-order valence-electron chi connectivity index (χ3n) is 4.65. The van der Waals surface area contributed by atoms with Gasteiger partial charge in [-0.1, -0.05) is 48.0 Å². The van der Waals surface area contributed by atoms with E-state index in [-0.39, 0.29) is 18.4 Å². The van der Waals surface area contributed by atoms with Crippen molar-refractivity contribution in [2.24, 2.45) is 5.92 Å². The van der Waals surface area contributed by atoms with Crippen LogP contribution in [0.3, 0.4) is 0 Å². The molecule has 2 aliphatic rings. The van der Waals surface area contributed by atoms with Crippen LogP contribution in [0.15, 0.2) is 53.4 Å². The van der Waals surface area contributed by atoms with Crippen molar-refractivity contribution in [2.75, 3.05) is 0 Å². The molecule has 5 heteroatoms. The van der Waals surface area contributed by atoms with E-state index in [1.54, 1.807) is 0 Å². The molecule has 2 amide bonds. The summed E-state index contributed by atoms with van der Waals surface area (Å²) in [6.07, 6.45) is -0.927. The Morgan fingerprint density at radius 2 is 1.83 bits per heavy atom. The van der Waals surface area contributed by atoms with Crippen LogP contribution in [-0.4, -0.2) is 27.1 Å². The molecule has 1 N–H and O–H groups in total. The van der Waals surface area contributed by atoms with Crippen molar-refractivity contribution in [1.29, 1.82) is 0 Å². The number of likely N-dealkylation sites (tertiary alicyclic amines) is 1. The Morgan fingerprint density at radius 3 is 2.58 bits per heavy atom. The van der Waals surface area contributed by atoms with Gasteiger partial charge in [0.1, 0.15) is 5.25 Å². The van der Waals surface area contributed by atoms with Gasteiger partial charge in [0.05, 0.1) is 18.6 Å². The third kappa shape index (κ3) is 2.36. The van der Waals surface area contributed by atoms with E-state index >= 15 is 0 Å². The number of aliphatic hydroxyl groups is 1. The molecule has 0 bridgehead atoms. The monoisotopic (exact) mass is 339 g/mol. The number of nitrogens with zero attached hydrogens (tertiary/aromatic N) is 1. The molecule has 2 aromatic rings. The average molecular weight is 339 g/mol. The van der Waals surface area contributed by atoms with E-state index in [0.717, 1.165) is 21.6 Å². The molecule has 0 spiro atoms. The lowest BCUT2D eigenvalue weighted by Crippen LogP contribution is -2.31. The van der Waals surface area contributed by atoms with E-state index in [1.165, 1.54) is 16.7 Å². The zero-order valence-corrected chi connectivity index (χ0v) is 14.0. The molecule has 4 rings (SSSR count). The summed E-state index contributed by atoms with van der Waals surface area (Å²) in [5, 5.41) is 10.2. The van der Waals surface area contributed by atoms with Crippen LogP contribution in [0.1, 0.15) is 22.8 Å². The van der Waals surface area contributed by atoms with Crippen LogP contribution in [0, 0.1) is 12.8 Å². The number of amides is 2. The summed E-state index contributed by atoms with van der Waals surface area (Å²) in [4.78, 5) is 27.7. The molecule has 0 unspecified atom stereocenters. The highest BCUT2D eigenvalue weighted by Crippen LogP contribution is 2.49. The minimum absolute atomic E-state index is 0.205. The SMILES string of the molecule is Cc1ccc2c(c1)[C@H](O)[C@H]1C(=O)N(Cc3ccccc3)C(=O)[C@H]1S2. The number of hydrogen-bond acceptors (Lipinski definition) is 4. The number of rotatable bonds is 2. The number of thioether (sulfide) groups is 1. The Morgan fingerprint density at radius 1 is 1.08 bits per heavy atom. The molecular weight excluding hydrogens is 322 g/mol. The van der Waals surface area contributed by atoms with Crippen LogP contribution >= 0.6 is 11.8 Å². The first-order valence-electron chi connectivity index (χ1n) is 7.90. The van der Waals surface area contributed by atoms with Crippen molar-refractivity contribution in [3.63, 3.8) is 0 Å². The lowest BCUT2D eigenvalue weighted by molar-refractivity contribution is -0.141. The van der Waals surface area contributed by atoms with Crippen LogP contribution in [0.4, 0.5) is 0 Å². The van der Waals surface area contributed by atoms with Gasteiger partial charge >= 0.3 is 0 Å². The van der Waals surface area contributed by atoms with E-state index < -0.39 is 17.3 Å². The van der Waals surface area contributed by atoms with Crippen LogP contribution in [0.25, 0.3) is 0 Å². The smallest absolute Gasteiger partial charge is 0.243 e.